The first-order chi connectivity index (χ1) is 9.65. The molecule has 2 heteroatoms. The van der Waals surface area contributed by atoms with Crippen LogP contribution in [0.4, 0.5) is 0 Å². The van der Waals surface area contributed by atoms with Gasteiger partial charge in [-0.15, -0.1) is 0 Å². The molecule has 0 amide bonds. The van der Waals surface area contributed by atoms with E-state index in [1.807, 2.05) is 0 Å². The first kappa shape index (κ1) is 15.5. The van der Waals surface area contributed by atoms with Gasteiger partial charge in [-0.2, -0.15) is 0 Å². The van der Waals surface area contributed by atoms with E-state index in [4.69, 9.17) is 0 Å². The van der Waals surface area contributed by atoms with E-state index in [1.54, 1.807) is 0 Å². The number of hydrogen-bond acceptors (Lipinski definition) is 2. The Morgan fingerprint density at radius 1 is 1.25 bits per heavy atom. The highest BCUT2D eigenvalue weighted by atomic mass is 15.1. The molecule has 1 unspecified atom stereocenters. The average Bonchev–Trinajstić information content (AvgIpc) is 2.38. The predicted octanol–water partition coefficient (Wildman–Crippen LogP) is 3.43. The maximum absolute atomic E-state index is 3.63. The van der Waals surface area contributed by atoms with Gasteiger partial charge in [-0.05, 0) is 38.4 Å². The Kier molecular flexibility index (Phi) is 5.62. The van der Waals surface area contributed by atoms with Gasteiger partial charge in [0.2, 0.25) is 0 Å². The van der Waals surface area contributed by atoms with E-state index in [1.165, 1.54) is 31.2 Å². The van der Waals surface area contributed by atoms with Gasteiger partial charge in [-0.3, -0.25) is 0 Å². The molecule has 1 aliphatic carbocycles. The summed E-state index contributed by atoms with van der Waals surface area (Å²) in [5.41, 5.74) is 1.65. The highest BCUT2D eigenvalue weighted by Crippen LogP contribution is 2.29. The third kappa shape index (κ3) is 3.83. The molecule has 0 aromatic heterocycles. The van der Waals surface area contributed by atoms with E-state index in [-0.39, 0.29) is 5.41 Å². The van der Waals surface area contributed by atoms with Crippen LogP contribution >= 0.6 is 0 Å². The van der Waals surface area contributed by atoms with Crippen molar-refractivity contribution in [2.45, 2.75) is 51.0 Å². The summed E-state index contributed by atoms with van der Waals surface area (Å²) in [7, 11) is 2.30. The van der Waals surface area contributed by atoms with Crippen molar-refractivity contribution in [3.05, 3.63) is 35.9 Å². The molecule has 1 saturated carbocycles. The Balaban J connectivity index is 2.06. The third-order valence-corrected chi connectivity index (χ3v) is 4.71. The first-order valence-electron chi connectivity index (χ1n) is 8.12. The van der Waals surface area contributed by atoms with Crippen LogP contribution < -0.4 is 5.32 Å². The van der Waals surface area contributed by atoms with Crippen molar-refractivity contribution in [1.82, 2.24) is 10.2 Å². The van der Waals surface area contributed by atoms with Crippen LogP contribution in [0.1, 0.15) is 45.1 Å². The number of rotatable bonds is 8. The van der Waals surface area contributed by atoms with E-state index >= 15 is 0 Å². The highest BCUT2D eigenvalue weighted by molar-refractivity contribution is 5.25. The van der Waals surface area contributed by atoms with Gasteiger partial charge in [-0.1, -0.05) is 50.6 Å². The lowest BCUT2D eigenvalue weighted by atomic mass is 9.80. The Bertz CT molecular complexity index is 386. The zero-order valence-corrected chi connectivity index (χ0v) is 13.4. The molecule has 1 atom stereocenters. The molecule has 0 bridgehead atoms. The van der Waals surface area contributed by atoms with Gasteiger partial charge < -0.3 is 10.2 Å². The van der Waals surface area contributed by atoms with Crippen molar-refractivity contribution in [1.29, 1.82) is 0 Å². The molecule has 0 radical (unpaired) electrons. The lowest BCUT2D eigenvalue weighted by Gasteiger charge is -2.41. The maximum atomic E-state index is 3.63. The van der Waals surface area contributed by atoms with Crippen molar-refractivity contribution in [3.8, 4) is 0 Å². The number of nitrogens with zero attached hydrogens (tertiary/aromatic N) is 1. The van der Waals surface area contributed by atoms with Crippen molar-refractivity contribution >= 4 is 0 Å². The Morgan fingerprint density at radius 2 is 1.95 bits per heavy atom. The molecule has 2 rings (SSSR count). The molecule has 1 aliphatic rings. The minimum absolute atomic E-state index is 0.195. The standard InChI is InChI=1S/C18H30N2/c1-4-13-19-14-18(2,16-9-6-5-7-10-16)15-20(3)17-11-8-12-17/h5-7,9-10,17,19H,4,8,11-15H2,1-3H3. The monoisotopic (exact) mass is 274 g/mol. The van der Waals surface area contributed by atoms with Crippen molar-refractivity contribution in [3.63, 3.8) is 0 Å². The van der Waals surface area contributed by atoms with Gasteiger partial charge in [0.15, 0.2) is 0 Å². The van der Waals surface area contributed by atoms with Crippen molar-refractivity contribution in [2.24, 2.45) is 0 Å². The fraction of sp³-hybridized carbons (Fsp3) is 0.667. The topological polar surface area (TPSA) is 15.3 Å². The lowest BCUT2D eigenvalue weighted by Crippen LogP contribution is -2.49. The molecule has 112 valence electrons. The predicted molar refractivity (Wildman–Crippen MR) is 87.2 cm³/mol. The van der Waals surface area contributed by atoms with Gasteiger partial charge in [0.25, 0.3) is 0 Å². The van der Waals surface area contributed by atoms with E-state index in [9.17, 15) is 0 Å². The van der Waals surface area contributed by atoms with Crippen LogP contribution in [0.2, 0.25) is 0 Å². The van der Waals surface area contributed by atoms with Crippen molar-refractivity contribution in [2.75, 3.05) is 26.7 Å². The molecule has 1 aromatic carbocycles. The van der Waals surface area contributed by atoms with Gasteiger partial charge >= 0.3 is 0 Å². The van der Waals surface area contributed by atoms with Gasteiger partial charge in [0, 0.05) is 24.5 Å². The van der Waals surface area contributed by atoms with Crippen LogP contribution in [-0.4, -0.2) is 37.6 Å². The Hall–Kier alpha value is -0.860. The summed E-state index contributed by atoms with van der Waals surface area (Å²) in [6.45, 7) is 7.93. The molecule has 0 saturated heterocycles. The van der Waals surface area contributed by atoms with E-state index in [0.29, 0.717) is 0 Å². The summed E-state index contributed by atoms with van der Waals surface area (Å²) in [4.78, 5) is 2.57. The Morgan fingerprint density at radius 3 is 2.50 bits per heavy atom. The summed E-state index contributed by atoms with van der Waals surface area (Å²) in [6, 6.07) is 11.8. The second-order valence-electron chi connectivity index (χ2n) is 6.60. The first-order valence-corrected chi connectivity index (χ1v) is 8.12. The zero-order valence-electron chi connectivity index (χ0n) is 13.4. The SMILES string of the molecule is CCCNCC(C)(CN(C)C1CCC1)c1ccccc1. The van der Waals surface area contributed by atoms with E-state index in [2.05, 4.69) is 61.4 Å². The normalized spacial score (nSPS) is 18.8. The molecule has 0 heterocycles. The summed E-state index contributed by atoms with van der Waals surface area (Å²) in [5.74, 6) is 0. The van der Waals surface area contributed by atoms with Crippen molar-refractivity contribution < 1.29 is 0 Å². The molecular formula is C18H30N2. The average molecular weight is 274 g/mol. The van der Waals surface area contributed by atoms with Gasteiger partial charge in [-0.25, -0.2) is 0 Å². The lowest BCUT2D eigenvalue weighted by molar-refractivity contribution is 0.129. The minimum Gasteiger partial charge on any atom is -0.316 e. The number of likely N-dealkylation sites (N-methyl/N-ethyl adjacent to an activating group) is 1. The van der Waals surface area contributed by atoms with Crippen LogP contribution in [0.15, 0.2) is 30.3 Å². The largest absolute Gasteiger partial charge is 0.316 e. The Labute approximate surface area is 124 Å². The van der Waals surface area contributed by atoms with Gasteiger partial charge in [0.05, 0.1) is 0 Å². The van der Waals surface area contributed by atoms with Crippen LogP contribution in [0.25, 0.3) is 0 Å². The maximum Gasteiger partial charge on any atom is 0.0177 e. The second-order valence-corrected chi connectivity index (χ2v) is 6.60. The molecule has 0 aliphatic heterocycles. The molecule has 20 heavy (non-hydrogen) atoms. The fourth-order valence-electron chi connectivity index (χ4n) is 3.14. The third-order valence-electron chi connectivity index (χ3n) is 4.71. The molecule has 2 nitrogen and oxygen atoms in total. The van der Waals surface area contributed by atoms with E-state index in [0.717, 1.165) is 25.7 Å². The van der Waals surface area contributed by atoms with Crippen LogP contribution in [0, 0.1) is 0 Å². The summed E-state index contributed by atoms with van der Waals surface area (Å²) in [6.07, 6.45) is 5.36. The summed E-state index contributed by atoms with van der Waals surface area (Å²) < 4.78 is 0. The summed E-state index contributed by atoms with van der Waals surface area (Å²) >= 11 is 0. The van der Waals surface area contributed by atoms with Crippen LogP contribution in [0.5, 0.6) is 0 Å². The van der Waals surface area contributed by atoms with Crippen LogP contribution in [-0.2, 0) is 5.41 Å². The van der Waals surface area contributed by atoms with Crippen LogP contribution in [0.3, 0.4) is 0 Å². The smallest absolute Gasteiger partial charge is 0.0177 e. The highest BCUT2D eigenvalue weighted by Gasteiger charge is 2.31. The number of nitrogens with one attached hydrogen (secondary N) is 1. The molecule has 1 aromatic rings. The quantitative estimate of drug-likeness (QED) is 0.731. The summed E-state index contributed by atoms with van der Waals surface area (Å²) in [5, 5.41) is 3.63. The molecular weight excluding hydrogens is 244 g/mol. The molecule has 1 fully saturated rings. The second kappa shape index (κ2) is 7.24. The zero-order chi connectivity index (χ0) is 14.4. The minimum atomic E-state index is 0.195. The fourth-order valence-corrected chi connectivity index (χ4v) is 3.14. The number of benzene rings is 1. The number of hydrogen-bond donors (Lipinski definition) is 1. The molecule has 1 N–H and O–H groups in total. The van der Waals surface area contributed by atoms with E-state index < -0.39 is 0 Å². The molecule has 0 spiro atoms. The van der Waals surface area contributed by atoms with Gasteiger partial charge in [0.1, 0.15) is 0 Å².